The Balaban J connectivity index is 1.62. The van der Waals surface area contributed by atoms with E-state index in [1.165, 1.54) is 12.8 Å². The van der Waals surface area contributed by atoms with Crippen molar-refractivity contribution in [2.45, 2.75) is 112 Å². The minimum absolute atomic E-state index is 0.148. The summed E-state index contributed by atoms with van der Waals surface area (Å²) in [6, 6.07) is 0. The molecule has 4 heteroatoms. The molecule has 3 saturated carbocycles. The fourth-order valence-electron chi connectivity index (χ4n) is 9.50. The zero-order chi connectivity index (χ0) is 25.3. The molecular weight excluding hydrogens is 424 g/mol. The van der Waals surface area contributed by atoms with Crippen LogP contribution in [0.4, 0.5) is 0 Å². The highest BCUT2D eigenvalue weighted by Gasteiger charge is 2.69. The van der Waals surface area contributed by atoms with Crippen LogP contribution in [0.15, 0.2) is 23.3 Å². The van der Waals surface area contributed by atoms with E-state index < -0.39 is 18.2 Å². The summed E-state index contributed by atoms with van der Waals surface area (Å²) in [5.41, 5.74) is 2.04. The van der Waals surface area contributed by atoms with Gasteiger partial charge in [-0.2, -0.15) is 0 Å². The summed E-state index contributed by atoms with van der Waals surface area (Å²) >= 11 is 0. The molecule has 0 heterocycles. The first-order chi connectivity index (χ1) is 15.7. The Labute approximate surface area is 206 Å². The van der Waals surface area contributed by atoms with Crippen molar-refractivity contribution in [1.29, 1.82) is 0 Å². The second kappa shape index (κ2) is 8.47. The molecule has 0 amide bonds. The molecule has 192 valence electrons. The lowest BCUT2D eigenvalue weighted by molar-refractivity contribution is -0.237. The number of hydrogen-bond acceptors (Lipinski definition) is 3. The van der Waals surface area contributed by atoms with E-state index >= 15 is 0 Å². The molecule has 34 heavy (non-hydrogen) atoms. The Morgan fingerprint density at radius 3 is 2.41 bits per heavy atom. The lowest BCUT2D eigenvalue weighted by Gasteiger charge is -2.69. The summed E-state index contributed by atoms with van der Waals surface area (Å²) in [5.74, 6) is 1.04. The highest BCUT2D eigenvalue weighted by Crippen LogP contribution is 2.74. The largest absolute Gasteiger partial charge is 0.478 e. The van der Waals surface area contributed by atoms with Crippen LogP contribution >= 0.6 is 0 Å². The number of aliphatic carboxylic acids is 1. The molecule has 0 radical (unpaired) electrons. The minimum atomic E-state index is -0.820. The van der Waals surface area contributed by atoms with Crippen LogP contribution in [0.3, 0.4) is 0 Å². The second-order valence-electron chi connectivity index (χ2n) is 13.6. The third-order valence-corrected chi connectivity index (χ3v) is 12.1. The third-order valence-electron chi connectivity index (χ3n) is 12.1. The molecule has 3 N–H and O–H groups in total. The molecule has 9 unspecified atom stereocenters. The van der Waals surface area contributed by atoms with Crippen LogP contribution < -0.4 is 0 Å². The zero-order valence-corrected chi connectivity index (χ0v) is 22.5. The van der Waals surface area contributed by atoms with Crippen LogP contribution in [0.5, 0.6) is 0 Å². The van der Waals surface area contributed by atoms with Crippen molar-refractivity contribution in [3.8, 4) is 0 Å². The molecule has 0 spiro atoms. The molecule has 0 aliphatic heterocycles. The first-order valence-electron chi connectivity index (χ1n) is 13.7. The van der Waals surface area contributed by atoms with E-state index in [2.05, 4.69) is 47.6 Å². The van der Waals surface area contributed by atoms with Crippen molar-refractivity contribution in [3.63, 3.8) is 0 Å². The van der Waals surface area contributed by atoms with E-state index in [9.17, 15) is 15.0 Å². The summed E-state index contributed by atoms with van der Waals surface area (Å²) in [5, 5.41) is 31.4. The van der Waals surface area contributed by atoms with Gasteiger partial charge in [0.2, 0.25) is 0 Å². The molecule has 0 aromatic carbocycles. The van der Waals surface area contributed by atoms with Gasteiger partial charge in [-0.1, -0.05) is 59.3 Å². The van der Waals surface area contributed by atoms with E-state index in [1.54, 1.807) is 12.5 Å². The molecule has 4 aliphatic carbocycles. The normalized spacial score (nSPS) is 46.7. The first kappa shape index (κ1) is 25.9. The van der Waals surface area contributed by atoms with Gasteiger partial charge < -0.3 is 15.3 Å². The Morgan fingerprint density at radius 1 is 1.09 bits per heavy atom. The van der Waals surface area contributed by atoms with Gasteiger partial charge in [-0.25, -0.2) is 4.79 Å². The van der Waals surface area contributed by atoms with E-state index in [0.717, 1.165) is 32.1 Å². The average Bonchev–Trinajstić information content (AvgIpc) is 3.11. The fraction of sp³-hybridized carbons (Fsp3) is 0.833. The number of carboxylic acids is 1. The monoisotopic (exact) mass is 472 g/mol. The molecule has 0 aromatic heterocycles. The highest BCUT2D eigenvalue weighted by molar-refractivity contribution is 5.85. The number of carbonyl (C=O) groups is 1. The molecule has 3 fully saturated rings. The summed E-state index contributed by atoms with van der Waals surface area (Å²) in [6.45, 7) is 15.8. The predicted octanol–water partition coefficient (Wildman–Crippen LogP) is 6.37. The van der Waals surface area contributed by atoms with Gasteiger partial charge in [-0.05, 0) is 91.8 Å². The van der Waals surface area contributed by atoms with Crippen LogP contribution in [0, 0.1) is 45.3 Å². The maximum absolute atomic E-state index is 11.4. The molecule has 0 aromatic rings. The zero-order valence-electron chi connectivity index (χ0n) is 22.5. The molecule has 4 aliphatic rings. The van der Waals surface area contributed by atoms with Crippen molar-refractivity contribution >= 4 is 5.97 Å². The molecule has 9 atom stereocenters. The average molecular weight is 473 g/mol. The van der Waals surface area contributed by atoms with Crippen molar-refractivity contribution in [2.75, 3.05) is 0 Å². The van der Waals surface area contributed by atoms with Gasteiger partial charge in [0.25, 0.3) is 0 Å². The number of aliphatic hydroxyl groups excluding tert-OH is 2. The van der Waals surface area contributed by atoms with Crippen LogP contribution in [0.25, 0.3) is 0 Å². The minimum Gasteiger partial charge on any atom is -0.478 e. The Hall–Kier alpha value is -1.13. The molecular formula is C30H48O4. The second-order valence-corrected chi connectivity index (χ2v) is 13.6. The van der Waals surface area contributed by atoms with Crippen molar-refractivity contribution in [3.05, 3.63) is 23.3 Å². The number of carboxylic acid groups (broad SMARTS) is 1. The SMILES string of the molecule is CC(=CCCC(C)C1CCC2(C)C1=CCC1C3(C)C(O)CC(O)C(C)(C)C3CCC12C)C(=O)O. The third kappa shape index (κ3) is 3.49. The van der Waals surface area contributed by atoms with Crippen molar-refractivity contribution in [2.24, 2.45) is 45.3 Å². The van der Waals surface area contributed by atoms with E-state index in [0.29, 0.717) is 35.7 Å². The van der Waals surface area contributed by atoms with Gasteiger partial charge in [0.15, 0.2) is 0 Å². The van der Waals surface area contributed by atoms with Crippen LogP contribution in [-0.2, 0) is 4.79 Å². The van der Waals surface area contributed by atoms with Gasteiger partial charge in [0.05, 0.1) is 12.2 Å². The number of aliphatic hydroxyl groups is 2. The summed E-state index contributed by atoms with van der Waals surface area (Å²) in [6.07, 6.45) is 11.5. The Morgan fingerprint density at radius 2 is 1.76 bits per heavy atom. The summed E-state index contributed by atoms with van der Waals surface area (Å²) in [4.78, 5) is 11.1. The smallest absolute Gasteiger partial charge is 0.330 e. The highest BCUT2D eigenvalue weighted by atomic mass is 16.4. The maximum atomic E-state index is 11.4. The Bertz CT molecular complexity index is 886. The van der Waals surface area contributed by atoms with Crippen molar-refractivity contribution in [1.82, 2.24) is 0 Å². The molecule has 4 nitrogen and oxygen atoms in total. The molecule has 4 rings (SSSR count). The lowest BCUT2D eigenvalue weighted by Crippen LogP contribution is -2.66. The lowest BCUT2D eigenvalue weighted by atomic mass is 9.36. The van der Waals surface area contributed by atoms with Gasteiger partial charge in [-0.3, -0.25) is 0 Å². The maximum Gasteiger partial charge on any atom is 0.330 e. The van der Waals surface area contributed by atoms with E-state index in [4.69, 9.17) is 5.11 Å². The van der Waals surface area contributed by atoms with Gasteiger partial charge in [0, 0.05) is 17.4 Å². The van der Waals surface area contributed by atoms with Gasteiger partial charge >= 0.3 is 5.97 Å². The van der Waals surface area contributed by atoms with Crippen LogP contribution in [-0.4, -0.2) is 33.5 Å². The van der Waals surface area contributed by atoms with E-state index in [-0.39, 0.29) is 21.7 Å². The Kier molecular flexibility index (Phi) is 6.47. The number of fused-ring (bicyclic) bond motifs is 5. The number of allylic oxidation sites excluding steroid dienone is 3. The fourth-order valence-corrected chi connectivity index (χ4v) is 9.50. The van der Waals surface area contributed by atoms with Crippen LogP contribution in [0.1, 0.15) is 99.8 Å². The quantitative estimate of drug-likeness (QED) is 0.321. The topological polar surface area (TPSA) is 77.8 Å². The van der Waals surface area contributed by atoms with Gasteiger partial charge in [0.1, 0.15) is 0 Å². The number of rotatable bonds is 5. The standard InChI is InChI=1S/C30H48O4/c1-18(9-8-10-19(2)26(33)34)20-13-15-28(5)21(20)11-12-23-29(28,6)16-14-22-27(3,4)24(31)17-25(32)30(22,23)7/h10-11,18,20,22-25,31-32H,8-9,12-17H2,1-7H3,(H,33,34). The molecule has 0 bridgehead atoms. The van der Waals surface area contributed by atoms with Gasteiger partial charge in [-0.15, -0.1) is 0 Å². The summed E-state index contributed by atoms with van der Waals surface area (Å²) < 4.78 is 0. The number of hydrogen-bond donors (Lipinski definition) is 3. The predicted molar refractivity (Wildman–Crippen MR) is 136 cm³/mol. The first-order valence-corrected chi connectivity index (χ1v) is 13.7. The molecule has 0 saturated heterocycles. The van der Waals surface area contributed by atoms with Crippen molar-refractivity contribution < 1.29 is 20.1 Å². The van der Waals surface area contributed by atoms with E-state index in [1.807, 2.05) is 6.08 Å². The van der Waals surface area contributed by atoms with Crippen LogP contribution in [0.2, 0.25) is 0 Å². The summed E-state index contributed by atoms with van der Waals surface area (Å²) in [7, 11) is 0.